The van der Waals surface area contributed by atoms with Crippen molar-refractivity contribution in [2.24, 2.45) is 0 Å². The minimum Gasteiger partial charge on any atom is -0.394 e. The molecule has 0 radical (unpaired) electrons. The summed E-state index contributed by atoms with van der Waals surface area (Å²) in [5.41, 5.74) is -2.86. The van der Waals surface area contributed by atoms with Crippen molar-refractivity contribution in [1.29, 1.82) is 0 Å². The van der Waals surface area contributed by atoms with Gasteiger partial charge in [-0.05, 0) is 11.6 Å². The first kappa shape index (κ1) is 15.8. The summed E-state index contributed by atoms with van der Waals surface area (Å²) in [4.78, 5) is 24.9. The first-order chi connectivity index (χ1) is 9.85. The van der Waals surface area contributed by atoms with E-state index in [0.29, 0.717) is 0 Å². The van der Waals surface area contributed by atoms with Crippen molar-refractivity contribution in [3.8, 4) is 0 Å². The highest BCUT2D eigenvalue weighted by atomic mass is 35.5. The topological polar surface area (TPSA) is 105 Å². The third-order valence-corrected chi connectivity index (χ3v) is 3.23. The predicted octanol–water partition coefficient (Wildman–Crippen LogP) is -0.0188. The van der Waals surface area contributed by atoms with Gasteiger partial charge in [0.05, 0.1) is 18.3 Å². The number of nitrogens with zero attached hydrogens (tertiary/aromatic N) is 1. The fourth-order valence-electron chi connectivity index (χ4n) is 2.01. The predicted molar refractivity (Wildman–Crippen MR) is 67.9 cm³/mol. The number of aliphatic hydroxyl groups is 2. The second kappa shape index (κ2) is 6.06. The van der Waals surface area contributed by atoms with Gasteiger partial charge >= 0.3 is 5.69 Å². The molecule has 1 aromatic heterocycles. The molecule has 0 saturated carbocycles. The molecule has 116 valence electrons. The number of hydrogen-bond donors (Lipinski definition) is 3. The highest BCUT2D eigenvalue weighted by Gasteiger charge is 2.35. The van der Waals surface area contributed by atoms with Crippen LogP contribution >= 0.6 is 11.6 Å². The summed E-state index contributed by atoms with van der Waals surface area (Å²) in [6.45, 7) is -0.479. The molecular weight excluding hydrogens is 314 g/mol. The molecule has 1 fully saturated rings. The van der Waals surface area contributed by atoms with Crippen molar-refractivity contribution in [2.45, 2.75) is 24.9 Å². The molecule has 1 aliphatic heterocycles. The minimum atomic E-state index is -1.73. The zero-order valence-corrected chi connectivity index (χ0v) is 11.2. The fourth-order valence-corrected chi connectivity index (χ4v) is 2.11. The van der Waals surface area contributed by atoms with Crippen molar-refractivity contribution < 1.29 is 23.7 Å². The largest absolute Gasteiger partial charge is 0.394 e. The minimum absolute atomic E-state index is 0.0642. The van der Waals surface area contributed by atoms with E-state index < -0.39 is 53.0 Å². The Morgan fingerprint density at radius 3 is 2.71 bits per heavy atom. The number of H-pyrrole nitrogens is 1. The van der Waals surface area contributed by atoms with Crippen LogP contribution in [-0.4, -0.2) is 38.6 Å². The maximum atomic E-state index is 13.4. The Balaban J connectivity index is 2.47. The monoisotopic (exact) mass is 324 g/mol. The zero-order chi connectivity index (χ0) is 15.7. The second-order valence-corrected chi connectivity index (χ2v) is 4.73. The standard InChI is InChI=1S/C11H11ClF2N2O5/c12-9(14)8(13)4-2-16(11(20)15-10(4)19)7-1-5(18)6(3-17)21-7/h2,5-7,17-18H,1,3H2,(H,15,19,20)/b9-8-/t5-,6+,7+/m0/s1. The lowest BCUT2D eigenvalue weighted by Crippen LogP contribution is -2.34. The van der Waals surface area contributed by atoms with Gasteiger partial charge in [0.1, 0.15) is 12.3 Å². The van der Waals surface area contributed by atoms with E-state index in [-0.39, 0.29) is 6.42 Å². The van der Waals surface area contributed by atoms with Gasteiger partial charge in [-0.15, -0.1) is 0 Å². The molecule has 2 heterocycles. The third-order valence-electron chi connectivity index (χ3n) is 3.06. The Hall–Kier alpha value is -1.55. The molecule has 3 N–H and O–H groups in total. The number of nitrogens with one attached hydrogen (secondary N) is 1. The molecule has 0 aliphatic carbocycles. The second-order valence-electron chi connectivity index (χ2n) is 4.40. The summed E-state index contributed by atoms with van der Waals surface area (Å²) >= 11 is 4.85. The molecule has 0 aromatic carbocycles. The molecule has 0 bridgehead atoms. The summed E-state index contributed by atoms with van der Waals surface area (Å²) < 4.78 is 32.1. The Kier molecular flexibility index (Phi) is 4.57. The quantitative estimate of drug-likeness (QED) is 0.725. The third kappa shape index (κ3) is 3.05. The van der Waals surface area contributed by atoms with Crippen LogP contribution in [0.5, 0.6) is 0 Å². The van der Waals surface area contributed by atoms with Crippen LogP contribution < -0.4 is 11.2 Å². The maximum Gasteiger partial charge on any atom is 0.330 e. The van der Waals surface area contributed by atoms with Crippen molar-refractivity contribution in [3.63, 3.8) is 0 Å². The molecule has 3 atom stereocenters. The van der Waals surface area contributed by atoms with Gasteiger partial charge in [-0.25, -0.2) is 9.18 Å². The summed E-state index contributed by atoms with van der Waals surface area (Å²) in [5.74, 6) is -1.62. The Morgan fingerprint density at radius 1 is 1.52 bits per heavy atom. The number of hydrogen-bond acceptors (Lipinski definition) is 5. The number of rotatable bonds is 3. The highest BCUT2D eigenvalue weighted by molar-refractivity contribution is 6.30. The lowest BCUT2D eigenvalue weighted by atomic mass is 10.2. The summed E-state index contributed by atoms with van der Waals surface area (Å²) in [5, 5.41) is 16.8. The number of ether oxygens (including phenoxy) is 1. The van der Waals surface area contributed by atoms with Crippen LogP contribution in [0.15, 0.2) is 21.1 Å². The number of aromatic amines is 1. The first-order valence-corrected chi connectivity index (χ1v) is 6.24. The van der Waals surface area contributed by atoms with Gasteiger partial charge in [-0.1, -0.05) is 0 Å². The van der Waals surface area contributed by atoms with Crippen LogP contribution in [0.2, 0.25) is 0 Å². The molecule has 0 spiro atoms. The van der Waals surface area contributed by atoms with Gasteiger partial charge in [0.2, 0.25) is 5.29 Å². The van der Waals surface area contributed by atoms with Crippen molar-refractivity contribution >= 4 is 17.4 Å². The number of halogens is 3. The Bertz CT molecular complexity index is 682. The van der Waals surface area contributed by atoms with Crippen molar-refractivity contribution in [2.75, 3.05) is 6.61 Å². The molecule has 7 nitrogen and oxygen atoms in total. The smallest absolute Gasteiger partial charge is 0.330 e. The molecule has 0 unspecified atom stereocenters. The van der Waals surface area contributed by atoms with Gasteiger partial charge in [-0.2, -0.15) is 4.39 Å². The molecular formula is C11H11ClF2N2O5. The van der Waals surface area contributed by atoms with Gasteiger partial charge in [0.15, 0.2) is 5.83 Å². The SMILES string of the molecule is O=c1[nH]c(=O)n([C@H]2C[C@H](O)[C@@H](CO)O2)cc1/C(F)=C(/F)Cl. The summed E-state index contributed by atoms with van der Waals surface area (Å²) in [7, 11) is 0. The van der Waals surface area contributed by atoms with Crippen LogP contribution in [0.3, 0.4) is 0 Å². The fraction of sp³-hybridized carbons (Fsp3) is 0.455. The van der Waals surface area contributed by atoms with Crippen LogP contribution in [0.1, 0.15) is 18.2 Å². The molecule has 1 saturated heterocycles. The lowest BCUT2D eigenvalue weighted by Gasteiger charge is -2.14. The van der Waals surface area contributed by atoms with E-state index in [1.807, 2.05) is 0 Å². The number of aromatic nitrogens is 2. The van der Waals surface area contributed by atoms with E-state index in [2.05, 4.69) is 0 Å². The van der Waals surface area contributed by atoms with E-state index in [4.69, 9.17) is 21.4 Å². The van der Waals surface area contributed by atoms with Gasteiger partial charge < -0.3 is 14.9 Å². The van der Waals surface area contributed by atoms with Crippen LogP contribution in [0.4, 0.5) is 8.78 Å². The Labute approximate surface area is 121 Å². The molecule has 1 aromatic rings. The van der Waals surface area contributed by atoms with Gasteiger partial charge in [-0.3, -0.25) is 14.3 Å². The molecule has 0 amide bonds. The molecule has 1 aliphatic rings. The van der Waals surface area contributed by atoms with E-state index in [0.717, 1.165) is 10.8 Å². The summed E-state index contributed by atoms with van der Waals surface area (Å²) in [6.07, 6.45) is -2.30. The van der Waals surface area contributed by atoms with Gasteiger partial charge in [0.25, 0.3) is 5.56 Å². The average Bonchev–Trinajstić information content (AvgIpc) is 2.79. The normalized spacial score (nSPS) is 26.8. The van der Waals surface area contributed by atoms with E-state index >= 15 is 0 Å². The molecule has 10 heteroatoms. The van der Waals surface area contributed by atoms with Crippen LogP contribution in [0, 0.1) is 0 Å². The molecule has 2 rings (SSSR count). The van der Waals surface area contributed by atoms with Crippen molar-refractivity contribution in [1.82, 2.24) is 9.55 Å². The average molecular weight is 325 g/mol. The van der Waals surface area contributed by atoms with E-state index in [1.54, 1.807) is 4.98 Å². The highest BCUT2D eigenvalue weighted by Crippen LogP contribution is 2.28. The first-order valence-electron chi connectivity index (χ1n) is 5.86. The lowest BCUT2D eigenvalue weighted by molar-refractivity contribution is -0.0459. The van der Waals surface area contributed by atoms with E-state index in [1.165, 1.54) is 0 Å². The van der Waals surface area contributed by atoms with Crippen molar-refractivity contribution in [3.05, 3.63) is 37.9 Å². The molecule has 21 heavy (non-hydrogen) atoms. The van der Waals surface area contributed by atoms with Crippen LogP contribution in [-0.2, 0) is 4.74 Å². The maximum absolute atomic E-state index is 13.4. The van der Waals surface area contributed by atoms with E-state index in [9.17, 15) is 23.5 Å². The van der Waals surface area contributed by atoms with Gasteiger partial charge in [0, 0.05) is 12.6 Å². The summed E-state index contributed by atoms with van der Waals surface area (Å²) in [6, 6.07) is 0. The Morgan fingerprint density at radius 2 is 2.19 bits per heavy atom. The number of aliphatic hydroxyl groups excluding tert-OH is 2. The van der Waals surface area contributed by atoms with Crippen LogP contribution in [0.25, 0.3) is 5.83 Å². The zero-order valence-electron chi connectivity index (χ0n) is 10.4.